The van der Waals surface area contributed by atoms with Crippen molar-refractivity contribution in [1.29, 1.82) is 0 Å². The highest BCUT2D eigenvalue weighted by Gasteiger charge is 2.39. The monoisotopic (exact) mass is 308 g/mol. The van der Waals surface area contributed by atoms with Crippen molar-refractivity contribution in [3.8, 4) is 5.75 Å². The van der Waals surface area contributed by atoms with Crippen molar-refractivity contribution in [2.45, 2.75) is 38.7 Å². The molecule has 0 aromatic heterocycles. The van der Waals surface area contributed by atoms with Gasteiger partial charge in [0.2, 0.25) is 0 Å². The third kappa shape index (κ3) is 3.12. The Morgan fingerprint density at radius 1 is 0.913 bits per heavy atom. The molecule has 0 aliphatic heterocycles. The van der Waals surface area contributed by atoms with Crippen LogP contribution < -0.4 is 4.74 Å². The predicted molar refractivity (Wildman–Crippen MR) is 94.3 cm³/mol. The van der Waals surface area contributed by atoms with Gasteiger partial charge in [-0.05, 0) is 25.0 Å². The Kier molecular flexibility index (Phi) is 4.71. The summed E-state index contributed by atoms with van der Waals surface area (Å²) in [6, 6.07) is 18.4. The number of para-hydroxylation sites is 1. The fraction of sp³-hybridized carbons (Fsp3) is 0.333. The molecule has 2 aromatic carbocycles. The molecule has 0 radical (unpaired) electrons. The van der Waals surface area contributed by atoms with E-state index in [9.17, 15) is 0 Å². The maximum atomic E-state index is 6.42. The normalized spacial score (nSPS) is 19.1. The fourth-order valence-electron chi connectivity index (χ4n) is 3.03. The van der Waals surface area contributed by atoms with E-state index >= 15 is 0 Å². The maximum absolute atomic E-state index is 6.42. The molecule has 0 bridgehead atoms. The van der Waals surface area contributed by atoms with Gasteiger partial charge in [-0.2, -0.15) is 0 Å². The second-order valence-corrected chi connectivity index (χ2v) is 5.91. The molecule has 0 heterocycles. The van der Waals surface area contributed by atoms with Gasteiger partial charge in [-0.1, -0.05) is 62.7 Å². The number of fused-ring (bicyclic) bond motifs is 1. The highest BCUT2D eigenvalue weighted by Crippen LogP contribution is 2.44. The third-order valence-corrected chi connectivity index (χ3v) is 4.34. The molecule has 1 aliphatic rings. The van der Waals surface area contributed by atoms with Crippen LogP contribution in [-0.2, 0) is 10.3 Å². The maximum Gasteiger partial charge on any atom is 0.156 e. The van der Waals surface area contributed by atoms with Crippen LogP contribution in [0.2, 0.25) is 0 Å². The molecule has 0 saturated heterocycles. The number of unbranched alkanes of at least 4 members (excludes halogenated alkanes) is 1. The van der Waals surface area contributed by atoms with Crippen LogP contribution in [0.1, 0.15) is 44.2 Å². The summed E-state index contributed by atoms with van der Waals surface area (Å²) >= 11 is 0. The molecule has 2 heteroatoms. The Balaban J connectivity index is 1.95. The van der Waals surface area contributed by atoms with Gasteiger partial charge in [-0.3, -0.25) is 0 Å². The average molecular weight is 308 g/mol. The quantitative estimate of drug-likeness (QED) is 0.625. The van der Waals surface area contributed by atoms with Gasteiger partial charge in [0.05, 0.1) is 6.61 Å². The van der Waals surface area contributed by atoms with E-state index in [1.54, 1.807) is 0 Å². The number of hydrogen-bond acceptors (Lipinski definition) is 2. The largest absolute Gasteiger partial charge is 0.493 e. The van der Waals surface area contributed by atoms with Crippen molar-refractivity contribution in [2.75, 3.05) is 6.61 Å². The minimum absolute atomic E-state index is 0.445. The Morgan fingerprint density at radius 2 is 1.65 bits per heavy atom. The summed E-state index contributed by atoms with van der Waals surface area (Å²) in [7, 11) is 0. The Bertz CT molecular complexity index is 675. The van der Waals surface area contributed by atoms with Gasteiger partial charge in [-0.15, -0.1) is 0 Å². The van der Waals surface area contributed by atoms with E-state index in [1.807, 2.05) is 30.3 Å². The molecule has 23 heavy (non-hydrogen) atoms. The Hall–Kier alpha value is -2.22. The first kappa shape index (κ1) is 15.7. The van der Waals surface area contributed by atoms with Gasteiger partial charge in [-0.25, -0.2) is 0 Å². The van der Waals surface area contributed by atoms with Crippen LogP contribution in [0.25, 0.3) is 5.76 Å². The lowest BCUT2D eigenvalue weighted by Crippen LogP contribution is -2.28. The van der Waals surface area contributed by atoms with Gasteiger partial charge >= 0.3 is 0 Å². The average Bonchev–Trinajstić information content (AvgIpc) is 2.91. The first-order valence-electron chi connectivity index (χ1n) is 8.48. The predicted octanol–water partition coefficient (Wildman–Crippen LogP) is 5.54. The van der Waals surface area contributed by atoms with E-state index in [0.29, 0.717) is 0 Å². The smallest absolute Gasteiger partial charge is 0.156 e. The van der Waals surface area contributed by atoms with Crippen LogP contribution in [0, 0.1) is 0 Å². The number of rotatable bonds is 7. The van der Waals surface area contributed by atoms with Gasteiger partial charge in [0, 0.05) is 17.2 Å². The molecule has 1 atom stereocenters. The molecule has 1 aliphatic carbocycles. The molecular formula is C21H24O2. The molecule has 120 valence electrons. The van der Waals surface area contributed by atoms with Crippen LogP contribution in [0.15, 0.2) is 60.7 Å². The van der Waals surface area contributed by atoms with Crippen molar-refractivity contribution in [3.05, 3.63) is 71.8 Å². The lowest BCUT2D eigenvalue weighted by molar-refractivity contribution is 0.117. The van der Waals surface area contributed by atoms with Gasteiger partial charge in [0.1, 0.15) is 11.5 Å². The highest BCUT2D eigenvalue weighted by atomic mass is 16.5. The minimum Gasteiger partial charge on any atom is -0.493 e. The number of benzene rings is 2. The molecule has 1 unspecified atom stereocenters. The van der Waals surface area contributed by atoms with E-state index in [2.05, 4.69) is 44.2 Å². The first-order valence-corrected chi connectivity index (χ1v) is 8.48. The highest BCUT2D eigenvalue weighted by molar-refractivity contribution is 5.72. The number of ether oxygens (including phenoxy) is 2. The van der Waals surface area contributed by atoms with E-state index in [0.717, 1.165) is 42.9 Å². The fourth-order valence-corrected chi connectivity index (χ4v) is 3.03. The zero-order valence-electron chi connectivity index (χ0n) is 13.9. The van der Waals surface area contributed by atoms with Crippen LogP contribution in [0.5, 0.6) is 5.75 Å². The second kappa shape index (κ2) is 6.91. The third-order valence-electron chi connectivity index (χ3n) is 4.34. The standard InChI is InChI=1S/C21H24O2/c1-3-5-15-22-20-16-21(4-2,19-14-10-9-13-18(19)20)23-17-11-7-6-8-12-17/h6-14,16H,3-5,15H2,1-2H3. The molecule has 0 fully saturated rings. The molecule has 0 N–H and O–H groups in total. The lowest BCUT2D eigenvalue weighted by atomic mass is 9.93. The zero-order valence-corrected chi connectivity index (χ0v) is 13.9. The van der Waals surface area contributed by atoms with Crippen molar-refractivity contribution in [3.63, 3.8) is 0 Å². The van der Waals surface area contributed by atoms with Crippen molar-refractivity contribution < 1.29 is 9.47 Å². The van der Waals surface area contributed by atoms with Crippen molar-refractivity contribution in [1.82, 2.24) is 0 Å². The Morgan fingerprint density at radius 3 is 2.39 bits per heavy atom. The van der Waals surface area contributed by atoms with E-state index < -0.39 is 5.60 Å². The summed E-state index contributed by atoms with van der Waals surface area (Å²) < 4.78 is 12.5. The second-order valence-electron chi connectivity index (χ2n) is 5.91. The minimum atomic E-state index is -0.445. The summed E-state index contributed by atoms with van der Waals surface area (Å²) in [4.78, 5) is 0. The van der Waals surface area contributed by atoms with Gasteiger partial charge < -0.3 is 9.47 Å². The molecule has 0 saturated carbocycles. The molecule has 0 amide bonds. The van der Waals surface area contributed by atoms with Gasteiger partial charge in [0.15, 0.2) is 5.60 Å². The van der Waals surface area contributed by atoms with E-state index in [4.69, 9.17) is 9.47 Å². The summed E-state index contributed by atoms with van der Waals surface area (Å²) in [5.41, 5.74) is 1.90. The van der Waals surface area contributed by atoms with Crippen LogP contribution in [0.4, 0.5) is 0 Å². The molecule has 3 rings (SSSR count). The molecule has 0 spiro atoms. The van der Waals surface area contributed by atoms with Gasteiger partial charge in [0.25, 0.3) is 0 Å². The SMILES string of the molecule is CCCCOC1=CC(CC)(Oc2ccccc2)c2ccccc21. The van der Waals surface area contributed by atoms with Crippen molar-refractivity contribution >= 4 is 5.76 Å². The van der Waals surface area contributed by atoms with Crippen LogP contribution >= 0.6 is 0 Å². The van der Waals surface area contributed by atoms with Crippen molar-refractivity contribution in [2.24, 2.45) is 0 Å². The lowest BCUT2D eigenvalue weighted by Gasteiger charge is -2.28. The zero-order chi connectivity index (χ0) is 16.1. The molecule has 2 aromatic rings. The molecule has 2 nitrogen and oxygen atoms in total. The Labute approximate surface area is 138 Å². The van der Waals surface area contributed by atoms with Crippen LogP contribution in [-0.4, -0.2) is 6.61 Å². The molecular weight excluding hydrogens is 284 g/mol. The summed E-state index contributed by atoms with van der Waals surface area (Å²) in [5, 5.41) is 0. The summed E-state index contributed by atoms with van der Waals surface area (Å²) in [6.07, 6.45) is 5.21. The topological polar surface area (TPSA) is 18.5 Å². The van der Waals surface area contributed by atoms with Crippen LogP contribution in [0.3, 0.4) is 0 Å². The summed E-state index contributed by atoms with van der Waals surface area (Å²) in [6.45, 7) is 5.09. The summed E-state index contributed by atoms with van der Waals surface area (Å²) in [5.74, 6) is 1.84. The van der Waals surface area contributed by atoms with E-state index in [-0.39, 0.29) is 0 Å². The first-order chi connectivity index (χ1) is 11.3. The van der Waals surface area contributed by atoms with E-state index in [1.165, 1.54) is 5.56 Å². The number of hydrogen-bond donors (Lipinski definition) is 0.